The number of carbonyl (C=O) groups excluding carboxylic acids is 1. The molecule has 2 aromatic carbocycles. The van der Waals surface area contributed by atoms with Gasteiger partial charge in [-0.05, 0) is 42.7 Å². The van der Waals surface area contributed by atoms with E-state index >= 15 is 0 Å². The molecule has 144 valence electrons. The van der Waals surface area contributed by atoms with Gasteiger partial charge in [0.15, 0.2) is 5.82 Å². The number of anilines is 1. The van der Waals surface area contributed by atoms with E-state index in [0.717, 1.165) is 29.1 Å². The number of nitrogens with one attached hydrogen (secondary N) is 2. The van der Waals surface area contributed by atoms with Crippen molar-refractivity contribution in [3.63, 3.8) is 0 Å². The van der Waals surface area contributed by atoms with Crippen LogP contribution in [-0.4, -0.2) is 26.0 Å². The fourth-order valence-electron chi connectivity index (χ4n) is 3.27. The lowest BCUT2D eigenvalue weighted by molar-refractivity contribution is -0.116. The number of aryl methyl sites for hydroxylation is 3. The first-order chi connectivity index (χ1) is 13.6. The lowest BCUT2D eigenvalue weighted by Crippen LogP contribution is -2.41. The van der Waals surface area contributed by atoms with Gasteiger partial charge in [-0.25, -0.2) is 4.68 Å². The quantitative estimate of drug-likeness (QED) is 0.704. The average molecular weight is 394 g/mol. The number of benzene rings is 2. The molecule has 2 heterocycles. The molecule has 0 aliphatic carbocycles. The molecule has 1 amide bonds. The summed E-state index contributed by atoms with van der Waals surface area (Å²) in [6.07, 6.45) is 0.765. The van der Waals surface area contributed by atoms with Crippen LogP contribution in [0, 0.1) is 13.8 Å². The summed E-state index contributed by atoms with van der Waals surface area (Å²) in [5, 5.41) is 11.9. The number of rotatable bonds is 4. The maximum absolute atomic E-state index is 13.2. The van der Waals surface area contributed by atoms with E-state index in [1.165, 1.54) is 17.3 Å². The molecule has 2 N–H and O–H groups in total. The number of carbonyl (C=O) groups is 1. The third-order valence-electron chi connectivity index (χ3n) is 5.01. The summed E-state index contributed by atoms with van der Waals surface area (Å²) >= 11 is 1.45. The van der Waals surface area contributed by atoms with Crippen LogP contribution in [0.25, 0.3) is 0 Å². The minimum Gasteiger partial charge on any atom is -0.325 e. The summed E-state index contributed by atoms with van der Waals surface area (Å²) in [4.78, 5) is 13.2. The van der Waals surface area contributed by atoms with Crippen molar-refractivity contribution in [3.8, 4) is 0 Å². The van der Waals surface area contributed by atoms with E-state index in [0.29, 0.717) is 5.16 Å². The van der Waals surface area contributed by atoms with Crippen molar-refractivity contribution in [2.45, 2.75) is 43.6 Å². The van der Waals surface area contributed by atoms with E-state index in [4.69, 9.17) is 0 Å². The van der Waals surface area contributed by atoms with Crippen molar-refractivity contribution in [1.29, 1.82) is 0 Å². The molecule has 1 aromatic heterocycles. The number of amides is 1. The highest BCUT2D eigenvalue weighted by atomic mass is 32.2. The van der Waals surface area contributed by atoms with Gasteiger partial charge in [0.1, 0.15) is 5.25 Å². The highest BCUT2D eigenvalue weighted by Gasteiger charge is 2.37. The number of fused-ring (bicyclic) bond motifs is 1. The molecular weight excluding hydrogens is 370 g/mol. The van der Waals surface area contributed by atoms with Gasteiger partial charge in [0.25, 0.3) is 0 Å². The predicted octanol–water partition coefficient (Wildman–Crippen LogP) is 3.86. The fourth-order valence-corrected chi connectivity index (χ4v) is 4.37. The van der Waals surface area contributed by atoms with Crippen LogP contribution in [0.2, 0.25) is 0 Å². The normalized spacial score (nSPS) is 18.2. The number of nitrogens with zero attached hydrogens (tertiary/aromatic N) is 3. The summed E-state index contributed by atoms with van der Waals surface area (Å²) in [5.74, 6) is 0.804. The molecule has 0 spiro atoms. The molecule has 0 radical (unpaired) electrons. The van der Waals surface area contributed by atoms with Gasteiger partial charge in [0.2, 0.25) is 11.1 Å². The maximum Gasteiger partial charge on any atom is 0.240 e. The van der Waals surface area contributed by atoms with Gasteiger partial charge in [0.05, 0.1) is 6.04 Å². The van der Waals surface area contributed by atoms with Crippen molar-refractivity contribution < 1.29 is 4.79 Å². The first-order valence-electron chi connectivity index (χ1n) is 9.37. The molecule has 0 saturated heterocycles. The van der Waals surface area contributed by atoms with Gasteiger partial charge in [-0.2, -0.15) is 0 Å². The second-order valence-electron chi connectivity index (χ2n) is 6.93. The van der Waals surface area contributed by atoms with Gasteiger partial charge in [-0.1, -0.05) is 55.1 Å². The van der Waals surface area contributed by atoms with Crippen LogP contribution in [0.3, 0.4) is 0 Å². The Balaban J connectivity index is 1.65. The standard InChI is InChI=1S/C21H23N5OS/c1-4-17-23-24-21-26(17)25-18(15-8-6-5-7-9-15)19(28-21)20(27)22-16-11-10-13(2)14(3)12-16/h5-12,18-19,25H,4H2,1-3H3,(H,22,27)/t18-,19-/m0/s1. The molecule has 1 aliphatic rings. The number of thioether (sulfide) groups is 1. The highest BCUT2D eigenvalue weighted by Crippen LogP contribution is 2.37. The molecule has 28 heavy (non-hydrogen) atoms. The lowest BCUT2D eigenvalue weighted by atomic mass is 10.0. The second-order valence-corrected chi connectivity index (χ2v) is 8.04. The van der Waals surface area contributed by atoms with E-state index in [2.05, 4.69) is 27.9 Å². The zero-order valence-corrected chi connectivity index (χ0v) is 17.0. The van der Waals surface area contributed by atoms with Crippen LogP contribution in [0.5, 0.6) is 0 Å². The molecule has 0 saturated carbocycles. The predicted molar refractivity (Wildman–Crippen MR) is 112 cm³/mol. The van der Waals surface area contributed by atoms with E-state index < -0.39 is 0 Å². The first kappa shape index (κ1) is 18.6. The molecule has 0 fully saturated rings. The summed E-state index contributed by atoms with van der Waals surface area (Å²) in [6, 6.07) is 15.8. The van der Waals surface area contributed by atoms with Crippen molar-refractivity contribution in [2.24, 2.45) is 0 Å². The number of hydrogen-bond donors (Lipinski definition) is 2. The van der Waals surface area contributed by atoms with Gasteiger partial charge >= 0.3 is 0 Å². The van der Waals surface area contributed by atoms with E-state index in [1.807, 2.05) is 67.1 Å². The Labute approximate surface area is 168 Å². The van der Waals surface area contributed by atoms with Crippen molar-refractivity contribution in [2.75, 3.05) is 10.7 Å². The third kappa shape index (κ3) is 3.49. The Morgan fingerprint density at radius 1 is 1.14 bits per heavy atom. The summed E-state index contributed by atoms with van der Waals surface area (Å²) in [5.41, 5.74) is 7.67. The monoisotopic (exact) mass is 393 g/mol. The van der Waals surface area contributed by atoms with Crippen molar-refractivity contribution >= 4 is 23.4 Å². The molecule has 4 rings (SSSR count). The van der Waals surface area contributed by atoms with Crippen LogP contribution in [-0.2, 0) is 11.2 Å². The van der Waals surface area contributed by atoms with Crippen LogP contribution >= 0.6 is 11.8 Å². The number of aromatic nitrogens is 3. The minimum absolute atomic E-state index is 0.0538. The molecule has 3 aromatic rings. The van der Waals surface area contributed by atoms with Gasteiger partial charge in [-0.15, -0.1) is 10.2 Å². The zero-order chi connectivity index (χ0) is 19.7. The first-order valence-corrected chi connectivity index (χ1v) is 10.3. The van der Waals surface area contributed by atoms with Crippen molar-refractivity contribution in [1.82, 2.24) is 14.9 Å². The summed E-state index contributed by atoms with van der Waals surface area (Å²) in [6.45, 7) is 6.15. The summed E-state index contributed by atoms with van der Waals surface area (Å²) in [7, 11) is 0. The molecule has 7 heteroatoms. The van der Waals surface area contributed by atoms with Gasteiger partial charge in [0, 0.05) is 12.1 Å². The third-order valence-corrected chi connectivity index (χ3v) is 6.23. The second kappa shape index (κ2) is 7.67. The van der Waals surface area contributed by atoms with Crippen molar-refractivity contribution in [3.05, 3.63) is 71.0 Å². The highest BCUT2D eigenvalue weighted by molar-refractivity contribution is 8.00. The number of hydrogen-bond acceptors (Lipinski definition) is 5. The Morgan fingerprint density at radius 2 is 1.93 bits per heavy atom. The molecular formula is C21H23N5OS. The largest absolute Gasteiger partial charge is 0.325 e. The van der Waals surface area contributed by atoms with E-state index in [9.17, 15) is 4.79 Å². The molecule has 2 atom stereocenters. The Hall–Kier alpha value is -2.80. The summed E-state index contributed by atoms with van der Waals surface area (Å²) < 4.78 is 1.90. The van der Waals surface area contributed by atoms with E-state index in [-0.39, 0.29) is 17.2 Å². The molecule has 6 nitrogen and oxygen atoms in total. The van der Waals surface area contributed by atoms with Crippen LogP contribution < -0.4 is 10.7 Å². The average Bonchev–Trinajstić information content (AvgIpc) is 3.12. The smallest absolute Gasteiger partial charge is 0.240 e. The van der Waals surface area contributed by atoms with Crippen LogP contribution in [0.4, 0.5) is 5.69 Å². The Kier molecular flexibility index (Phi) is 5.09. The lowest BCUT2D eigenvalue weighted by Gasteiger charge is -2.33. The van der Waals surface area contributed by atoms with Crippen LogP contribution in [0.15, 0.2) is 53.7 Å². The Morgan fingerprint density at radius 3 is 2.64 bits per heavy atom. The molecule has 0 bridgehead atoms. The maximum atomic E-state index is 13.2. The fraction of sp³-hybridized carbons (Fsp3) is 0.286. The molecule has 1 aliphatic heterocycles. The Bertz CT molecular complexity index is 1000. The van der Waals surface area contributed by atoms with Crippen LogP contribution in [0.1, 0.15) is 35.5 Å². The van der Waals surface area contributed by atoms with Gasteiger partial charge < -0.3 is 10.7 Å². The minimum atomic E-state index is -0.370. The topological polar surface area (TPSA) is 71.8 Å². The van der Waals surface area contributed by atoms with Gasteiger partial charge in [-0.3, -0.25) is 4.79 Å². The zero-order valence-electron chi connectivity index (χ0n) is 16.1. The SMILES string of the molecule is CCc1nnc2n1N[C@@H](c1ccccc1)[C@@H](C(=O)Nc1ccc(C)c(C)c1)S2. The van der Waals surface area contributed by atoms with E-state index in [1.54, 1.807) is 0 Å². The molecule has 0 unspecified atom stereocenters.